The van der Waals surface area contributed by atoms with E-state index in [0.29, 0.717) is 13.0 Å². The van der Waals surface area contributed by atoms with E-state index in [1.165, 1.54) is 0 Å². The lowest BCUT2D eigenvalue weighted by atomic mass is 9.78. The van der Waals surface area contributed by atoms with Gasteiger partial charge in [0.25, 0.3) is 0 Å². The summed E-state index contributed by atoms with van der Waals surface area (Å²) in [6.45, 7) is 6.37. The number of rotatable bonds is 1. The van der Waals surface area contributed by atoms with Gasteiger partial charge in [-0.3, -0.25) is 0 Å². The van der Waals surface area contributed by atoms with Crippen molar-refractivity contribution in [1.29, 1.82) is 0 Å². The maximum Gasteiger partial charge on any atom is 0.184 e. The Morgan fingerprint density at radius 2 is 2.42 bits per heavy atom. The second-order valence-electron chi connectivity index (χ2n) is 3.81. The van der Waals surface area contributed by atoms with Gasteiger partial charge in [-0.25, -0.2) is 0 Å². The standard InChI is InChI=1S/C9H14O3/c1-3-9(2)4-6(10)8-11-5-7(9)12-8/h3,6-8,10H,1,4-5H2,2H3/t6-,7+,8+,9-/m0/s1. The van der Waals surface area contributed by atoms with Gasteiger partial charge >= 0.3 is 0 Å². The second-order valence-corrected chi connectivity index (χ2v) is 3.81. The van der Waals surface area contributed by atoms with Gasteiger partial charge < -0.3 is 14.6 Å². The van der Waals surface area contributed by atoms with Crippen molar-refractivity contribution in [3.63, 3.8) is 0 Å². The van der Waals surface area contributed by atoms with Crippen molar-refractivity contribution < 1.29 is 14.6 Å². The van der Waals surface area contributed by atoms with Gasteiger partial charge in [0, 0.05) is 5.41 Å². The predicted molar refractivity (Wildman–Crippen MR) is 43.5 cm³/mol. The van der Waals surface area contributed by atoms with Crippen LogP contribution in [0, 0.1) is 5.41 Å². The molecule has 4 atom stereocenters. The minimum absolute atomic E-state index is 0.0726. The van der Waals surface area contributed by atoms with Crippen molar-refractivity contribution in [2.45, 2.75) is 31.8 Å². The molecule has 0 radical (unpaired) electrons. The molecule has 12 heavy (non-hydrogen) atoms. The van der Waals surface area contributed by atoms with E-state index in [4.69, 9.17) is 9.47 Å². The van der Waals surface area contributed by atoms with Gasteiger partial charge in [-0.15, -0.1) is 6.58 Å². The molecule has 1 N–H and O–H groups in total. The van der Waals surface area contributed by atoms with Crippen molar-refractivity contribution >= 4 is 0 Å². The molecule has 2 rings (SSSR count). The van der Waals surface area contributed by atoms with Gasteiger partial charge in [0.2, 0.25) is 0 Å². The predicted octanol–water partition coefficient (Wildman–Crippen LogP) is 0.685. The third kappa shape index (κ3) is 1.01. The lowest BCUT2D eigenvalue weighted by molar-refractivity contribution is -0.178. The van der Waals surface area contributed by atoms with Gasteiger partial charge in [0.05, 0.1) is 12.7 Å². The normalized spacial score (nSPS) is 52.3. The minimum Gasteiger partial charge on any atom is -0.388 e. The number of fused-ring (bicyclic) bond motifs is 2. The van der Waals surface area contributed by atoms with Crippen LogP contribution in [0.25, 0.3) is 0 Å². The molecule has 0 aromatic rings. The largest absolute Gasteiger partial charge is 0.388 e. The summed E-state index contributed by atoms with van der Waals surface area (Å²) in [5.74, 6) is 0. The fourth-order valence-corrected chi connectivity index (χ4v) is 1.86. The Morgan fingerprint density at radius 1 is 1.67 bits per heavy atom. The first-order chi connectivity index (χ1) is 5.65. The van der Waals surface area contributed by atoms with Crippen molar-refractivity contribution in [2.24, 2.45) is 5.41 Å². The van der Waals surface area contributed by atoms with E-state index in [0.717, 1.165) is 0 Å². The number of hydrogen-bond acceptors (Lipinski definition) is 3. The first-order valence-electron chi connectivity index (χ1n) is 4.24. The van der Waals surface area contributed by atoms with Crippen LogP contribution in [0.4, 0.5) is 0 Å². The summed E-state index contributed by atoms with van der Waals surface area (Å²) in [6, 6.07) is 0. The number of aliphatic hydroxyl groups is 1. The molecule has 2 aliphatic rings. The van der Waals surface area contributed by atoms with Gasteiger partial charge in [0.1, 0.15) is 6.10 Å². The zero-order valence-electron chi connectivity index (χ0n) is 7.19. The minimum atomic E-state index is -0.508. The molecule has 2 heterocycles. The molecule has 68 valence electrons. The Balaban J connectivity index is 2.22. The molecule has 3 nitrogen and oxygen atoms in total. The third-order valence-corrected chi connectivity index (χ3v) is 2.88. The molecule has 0 aromatic carbocycles. The van der Waals surface area contributed by atoms with Gasteiger partial charge in [0.15, 0.2) is 6.29 Å². The molecule has 2 saturated heterocycles. The highest BCUT2D eigenvalue weighted by atomic mass is 16.7. The van der Waals surface area contributed by atoms with Crippen LogP contribution in [-0.2, 0) is 9.47 Å². The molecule has 2 aliphatic heterocycles. The molecule has 0 saturated carbocycles. The van der Waals surface area contributed by atoms with Crippen molar-refractivity contribution in [3.05, 3.63) is 12.7 Å². The van der Waals surface area contributed by atoms with E-state index in [9.17, 15) is 5.11 Å². The van der Waals surface area contributed by atoms with E-state index in [2.05, 4.69) is 6.58 Å². The van der Waals surface area contributed by atoms with E-state index in [-0.39, 0.29) is 11.5 Å². The SMILES string of the molecule is C=C[C@@]1(C)C[C@H](O)[C@@H]2OC[C@H]1O2. The summed E-state index contributed by atoms with van der Waals surface area (Å²) in [7, 11) is 0. The number of aliphatic hydroxyl groups excluding tert-OH is 1. The van der Waals surface area contributed by atoms with Crippen LogP contribution in [0.3, 0.4) is 0 Å². The van der Waals surface area contributed by atoms with Gasteiger partial charge in [-0.1, -0.05) is 13.0 Å². The summed E-state index contributed by atoms with van der Waals surface area (Å²) in [5.41, 5.74) is -0.133. The van der Waals surface area contributed by atoms with E-state index < -0.39 is 12.4 Å². The van der Waals surface area contributed by atoms with Crippen LogP contribution in [0.15, 0.2) is 12.7 Å². The van der Waals surface area contributed by atoms with Crippen molar-refractivity contribution in [3.8, 4) is 0 Å². The number of hydrogen-bond donors (Lipinski definition) is 1. The number of ether oxygens (including phenoxy) is 2. The molecular weight excluding hydrogens is 156 g/mol. The van der Waals surface area contributed by atoms with Crippen molar-refractivity contribution in [2.75, 3.05) is 6.61 Å². The lowest BCUT2D eigenvalue weighted by Crippen LogP contribution is -2.44. The molecule has 0 unspecified atom stereocenters. The zero-order valence-corrected chi connectivity index (χ0v) is 7.19. The fraction of sp³-hybridized carbons (Fsp3) is 0.778. The van der Waals surface area contributed by atoms with Crippen LogP contribution < -0.4 is 0 Å². The maximum absolute atomic E-state index is 9.56. The molecule has 0 spiro atoms. The van der Waals surface area contributed by atoms with Crippen LogP contribution in [-0.4, -0.2) is 30.2 Å². The average molecular weight is 170 g/mol. The molecule has 2 fully saturated rings. The fourth-order valence-electron chi connectivity index (χ4n) is 1.86. The van der Waals surface area contributed by atoms with Crippen LogP contribution >= 0.6 is 0 Å². The smallest absolute Gasteiger partial charge is 0.184 e. The Morgan fingerprint density at radius 3 is 3.08 bits per heavy atom. The Kier molecular flexibility index (Phi) is 1.75. The van der Waals surface area contributed by atoms with Crippen molar-refractivity contribution in [1.82, 2.24) is 0 Å². The van der Waals surface area contributed by atoms with Gasteiger partial charge in [-0.2, -0.15) is 0 Å². The molecule has 0 aromatic heterocycles. The molecule has 0 amide bonds. The first kappa shape index (κ1) is 8.23. The van der Waals surface area contributed by atoms with E-state index in [1.807, 2.05) is 13.0 Å². The maximum atomic E-state index is 9.56. The Labute approximate surface area is 72.0 Å². The highest BCUT2D eigenvalue weighted by Gasteiger charge is 2.48. The average Bonchev–Trinajstić information content (AvgIpc) is 2.48. The van der Waals surface area contributed by atoms with Gasteiger partial charge in [-0.05, 0) is 6.42 Å². The summed E-state index contributed by atoms with van der Waals surface area (Å²) in [6.07, 6.45) is 1.70. The van der Waals surface area contributed by atoms with Crippen LogP contribution in [0.5, 0.6) is 0 Å². The molecular formula is C9H14O3. The highest BCUT2D eigenvalue weighted by Crippen LogP contribution is 2.41. The Hall–Kier alpha value is -0.380. The Bertz CT molecular complexity index is 204. The van der Waals surface area contributed by atoms with Crippen LogP contribution in [0.1, 0.15) is 13.3 Å². The van der Waals surface area contributed by atoms with E-state index in [1.54, 1.807) is 0 Å². The molecule has 0 aliphatic carbocycles. The molecule has 2 bridgehead atoms. The zero-order chi connectivity index (χ0) is 8.77. The summed E-state index contributed by atoms with van der Waals surface area (Å²) in [5, 5.41) is 9.56. The summed E-state index contributed by atoms with van der Waals surface area (Å²) >= 11 is 0. The highest BCUT2D eigenvalue weighted by molar-refractivity contribution is 5.03. The summed E-state index contributed by atoms with van der Waals surface area (Å²) in [4.78, 5) is 0. The van der Waals surface area contributed by atoms with Crippen LogP contribution in [0.2, 0.25) is 0 Å². The monoisotopic (exact) mass is 170 g/mol. The topological polar surface area (TPSA) is 38.7 Å². The summed E-state index contributed by atoms with van der Waals surface area (Å²) < 4.78 is 10.7. The second kappa shape index (κ2) is 2.55. The first-order valence-corrected chi connectivity index (χ1v) is 4.24. The van der Waals surface area contributed by atoms with E-state index >= 15 is 0 Å². The quantitative estimate of drug-likeness (QED) is 0.588. The third-order valence-electron chi connectivity index (χ3n) is 2.88. The molecule has 3 heteroatoms. The lowest BCUT2D eigenvalue weighted by Gasteiger charge is -2.37.